The Balaban J connectivity index is 1.98. The quantitative estimate of drug-likeness (QED) is 0.749. The van der Waals surface area contributed by atoms with Crippen molar-refractivity contribution in [1.29, 1.82) is 0 Å². The van der Waals surface area contributed by atoms with Gasteiger partial charge in [0.15, 0.2) is 5.96 Å². The first-order valence-electron chi connectivity index (χ1n) is 6.36. The largest absolute Gasteiger partial charge is 0.369 e. The van der Waals surface area contributed by atoms with Gasteiger partial charge in [0.05, 0.1) is 17.6 Å². The van der Waals surface area contributed by atoms with Crippen molar-refractivity contribution < 1.29 is 0 Å². The molecule has 0 radical (unpaired) electrons. The van der Waals surface area contributed by atoms with Crippen molar-refractivity contribution in [2.75, 3.05) is 11.4 Å². The molecule has 0 amide bonds. The first-order valence-corrected chi connectivity index (χ1v) is 8.32. The highest BCUT2D eigenvalue weighted by molar-refractivity contribution is 9.10. The molecule has 0 spiro atoms. The van der Waals surface area contributed by atoms with Crippen LogP contribution in [0, 0.1) is 0 Å². The van der Waals surface area contributed by atoms with Crippen LogP contribution in [0.15, 0.2) is 56.4 Å². The summed E-state index contributed by atoms with van der Waals surface area (Å²) >= 11 is 13.0. The summed E-state index contributed by atoms with van der Waals surface area (Å²) in [7, 11) is 0. The maximum Gasteiger partial charge on any atom is 0.196 e. The maximum absolute atomic E-state index is 6.07. The van der Waals surface area contributed by atoms with E-state index >= 15 is 0 Å². The average Bonchev–Trinajstić information content (AvgIpc) is 2.85. The van der Waals surface area contributed by atoms with Crippen molar-refractivity contribution in [3.63, 3.8) is 0 Å². The van der Waals surface area contributed by atoms with Crippen molar-refractivity contribution in [3.8, 4) is 0 Å². The molecule has 0 aliphatic carbocycles. The Morgan fingerprint density at radius 1 is 1.14 bits per heavy atom. The van der Waals surface area contributed by atoms with Gasteiger partial charge in [0.1, 0.15) is 0 Å². The summed E-state index contributed by atoms with van der Waals surface area (Å²) in [6.45, 7) is 0.635. The van der Waals surface area contributed by atoms with Crippen LogP contribution in [0.3, 0.4) is 0 Å². The predicted molar refractivity (Wildman–Crippen MR) is 95.0 cm³/mol. The summed E-state index contributed by atoms with van der Waals surface area (Å²) in [5.41, 5.74) is 8.22. The zero-order chi connectivity index (χ0) is 15.0. The van der Waals surface area contributed by atoms with Crippen molar-refractivity contribution in [2.24, 2.45) is 10.7 Å². The highest BCUT2D eigenvalue weighted by atomic mass is 79.9. The summed E-state index contributed by atoms with van der Waals surface area (Å²) in [5, 5.41) is 0.695. The van der Waals surface area contributed by atoms with E-state index in [2.05, 4.69) is 36.9 Å². The van der Waals surface area contributed by atoms with E-state index in [0.717, 1.165) is 20.2 Å². The molecule has 1 atom stereocenters. The van der Waals surface area contributed by atoms with Gasteiger partial charge in [-0.15, -0.1) is 0 Å². The number of nitrogens with zero attached hydrogens (tertiary/aromatic N) is 2. The van der Waals surface area contributed by atoms with Crippen LogP contribution in [0.2, 0.25) is 5.02 Å². The number of rotatable bonds is 2. The van der Waals surface area contributed by atoms with Gasteiger partial charge in [-0.2, -0.15) is 0 Å². The molecule has 21 heavy (non-hydrogen) atoms. The zero-order valence-electron chi connectivity index (χ0n) is 10.9. The van der Waals surface area contributed by atoms with E-state index in [4.69, 9.17) is 17.3 Å². The molecule has 6 heteroatoms. The normalized spacial score (nSPS) is 18.0. The number of hydrogen-bond acceptors (Lipinski definition) is 3. The van der Waals surface area contributed by atoms with E-state index in [1.165, 1.54) is 0 Å². The number of guanidine groups is 1. The molecule has 0 saturated carbocycles. The molecule has 0 fully saturated rings. The van der Waals surface area contributed by atoms with E-state index in [-0.39, 0.29) is 6.04 Å². The first-order chi connectivity index (χ1) is 10.1. The van der Waals surface area contributed by atoms with Gasteiger partial charge in [-0.3, -0.25) is 4.99 Å². The number of benzene rings is 2. The molecule has 1 aliphatic rings. The number of halogens is 3. The Morgan fingerprint density at radius 2 is 1.86 bits per heavy atom. The van der Waals surface area contributed by atoms with Crippen molar-refractivity contribution in [3.05, 3.63) is 62.0 Å². The summed E-state index contributed by atoms with van der Waals surface area (Å²) in [6, 6.07) is 14.0. The number of hydrogen-bond donors (Lipinski definition) is 1. The standard InChI is InChI=1S/C15H12Br2ClN3/c16-10-2-4-11(5-3-10)21-14(8-20-15(21)19)9-1-6-13(18)12(17)7-9/h1-7,14H,8H2,(H2,19,20). The molecule has 2 aromatic carbocycles. The van der Waals surface area contributed by atoms with E-state index in [1.807, 2.05) is 47.4 Å². The van der Waals surface area contributed by atoms with Crippen LogP contribution in [0.1, 0.15) is 11.6 Å². The second-order valence-corrected chi connectivity index (χ2v) is 6.91. The zero-order valence-corrected chi connectivity index (χ0v) is 14.9. The van der Waals surface area contributed by atoms with Crippen LogP contribution >= 0.6 is 43.5 Å². The summed E-state index contributed by atoms with van der Waals surface area (Å²) in [4.78, 5) is 6.43. The van der Waals surface area contributed by atoms with Crippen LogP contribution < -0.4 is 10.6 Å². The lowest BCUT2D eigenvalue weighted by atomic mass is 10.1. The topological polar surface area (TPSA) is 41.6 Å². The minimum Gasteiger partial charge on any atom is -0.369 e. The fourth-order valence-corrected chi connectivity index (χ4v) is 3.16. The Bertz CT molecular complexity index is 701. The third-order valence-electron chi connectivity index (χ3n) is 3.42. The van der Waals surface area contributed by atoms with Crippen LogP contribution in [0.25, 0.3) is 0 Å². The molecule has 3 nitrogen and oxygen atoms in total. The van der Waals surface area contributed by atoms with Gasteiger partial charge in [-0.05, 0) is 57.9 Å². The molecule has 2 N–H and O–H groups in total. The third-order valence-corrected chi connectivity index (χ3v) is 5.16. The predicted octanol–water partition coefficient (Wildman–Crippen LogP) is 4.74. The summed E-state index contributed by atoms with van der Waals surface area (Å²) in [6.07, 6.45) is 0. The average molecular weight is 430 g/mol. The second kappa shape index (κ2) is 5.99. The van der Waals surface area contributed by atoms with Crippen molar-refractivity contribution in [1.82, 2.24) is 0 Å². The summed E-state index contributed by atoms with van der Waals surface area (Å²) < 4.78 is 1.91. The Hall–Kier alpha value is -1.04. The van der Waals surface area contributed by atoms with Crippen LogP contribution in [-0.2, 0) is 0 Å². The minimum atomic E-state index is 0.0831. The van der Waals surface area contributed by atoms with Crippen molar-refractivity contribution >= 4 is 55.1 Å². The van der Waals surface area contributed by atoms with Gasteiger partial charge in [-0.1, -0.05) is 33.6 Å². The molecular formula is C15H12Br2ClN3. The molecule has 1 unspecified atom stereocenters. The second-order valence-electron chi connectivity index (χ2n) is 4.73. The molecule has 108 valence electrons. The monoisotopic (exact) mass is 427 g/mol. The first kappa shape index (κ1) is 14.9. The van der Waals surface area contributed by atoms with E-state index in [0.29, 0.717) is 17.5 Å². The molecule has 2 aromatic rings. The van der Waals surface area contributed by atoms with Crippen LogP contribution in [0.5, 0.6) is 0 Å². The lowest BCUT2D eigenvalue weighted by molar-refractivity contribution is 0.768. The SMILES string of the molecule is NC1=NCC(c2ccc(Cl)c(Br)c2)N1c1ccc(Br)cc1. The Morgan fingerprint density at radius 3 is 2.52 bits per heavy atom. The number of nitrogens with two attached hydrogens (primary N) is 1. The molecule has 0 bridgehead atoms. The van der Waals surface area contributed by atoms with E-state index in [1.54, 1.807) is 0 Å². The van der Waals surface area contributed by atoms with Crippen molar-refractivity contribution in [2.45, 2.75) is 6.04 Å². The molecule has 0 aromatic heterocycles. The molecule has 1 aliphatic heterocycles. The smallest absolute Gasteiger partial charge is 0.196 e. The Labute approximate surface area is 145 Å². The third kappa shape index (κ3) is 2.96. The fourth-order valence-electron chi connectivity index (χ4n) is 2.39. The minimum absolute atomic E-state index is 0.0831. The molecular weight excluding hydrogens is 417 g/mol. The Kier molecular flexibility index (Phi) is 4.24. The summed E-state index contributed by atoms with van der Waals surface area (Å²) in [5.74, 6) is 0.536. The highest BCUT2D eigenvalue weighted by Crippen LogP contribution is 2.34. The molecule has 1 heterocycles. The fraction of sp³-hybridized carbons (Fsp3) is 0.133. The number of anilines is 1. The maximum atomic E-state index is 6.07. The van der Waals surface area contributed by atoms with Gasteiger partial charge >= 0.3 is 0 Å². The number of aliphatic imine (C=N–C) groups is 1. The lowest BCUT2D eigenvalue weighted by Gasteiger charge is -2.27. The lowest BCUT2D eigenvalue weighted by Crippen LogP contribution is -2.36. The van der Waals surface area contributed by atoms with Gasteiger partial charge in [0.2, 0.25) is 0 Å². The van der Waals surface area contributed by atoms with Gasteiger partial charge in [0.25, 0.3) is 0 Å². The van der Waals surface area contributed by atoms with Crippen LogP contribution in [0.4, 0.5) is 5.69 Å². The van der Waals surface area contributed by atoms with Crippen LogP contribution in [-0.4, -0.2) is 12.5 Å². The van der Waals surface area contributed by atoms with Gasteiger partial charge in [-0.25, -0.2) is 0 Å². The molecule has 0 saturated heterocycles. The van der Waals surface area contributed by atoms with Gasteiger partial charge in [0, 0.05) is 14.6 Å². The molecule has 3 rings (SSSR count). The highest BCUT2D eigenvalue weighted by Gasteiger charge is 2.29. The van der Waals surface area contributed by atoms with Gasteiger partial charge < -0.3 is 10.6 Å². The van der Waals surface area contributed by atoms with E-state index < -0.39 is 0 Å². The van der Waals surface area contributed by atoms with E-state index in [9.17, 15) is 0 Å².